The van der Waals surface area contributed by atoms with Crippen molar-refractivity contribution in [1.82, 2.24) is 0 Å². The van der Waals surface area contributed by atoms with Gasteiger partial charge in [-0.3, -0.25) is 9.52 Å². The fourth-order valence-electron chi connectivity index (χ4n) is 2.91. The molecule has 0 saturated carbocycles. The molecule has 26 heavy (non-hydrogen) atoms. The molecule has 1 aliphatic heterocycles. The fourth-order valence-corrected chi connectivity index (χ4v) is 3.96. The minimum Gasteiger partial charge on any atom is -0.311 e. The van der Waals surface area contributed by atoms with Gasteiger partial charge in [0.2, 0.25) is 5.91 Å². The summed E-state index contributed by atoms with van der Waals surface area (Å²) in [4.78, 5) is 14.3. The third-order valence-electron chi connectivity index (χ3n) is 4.24. The van der Waals surface area contributed by atoms with E-state index in [0.29, 0.717) is 18.7 Å². The lowest BCUT2D eigenvalue weighted by Crippen LogP contribution is -2.38. The van der Waals surface area contributed by atoms with Gasteiger partial charge < -0.3 is 4.90 Å². The average Bonchev–Trinajstić information content (AvgIpc) is 2.96. The number of carbonyl (C=O) groups excluding carboxylic acids is 1. The monoisotopic (exact) mass is 376 g/mol. The molecule has 1 heterocycles. The number of rotatable bonds is 3. The maximum absolute atomic E-state index is 13.0. The minimum absolute atomic E-state index is 0.0102. The first-order valence-electron chi connectivity index (χ1n) is 8.31. The highest BCUT2D eigenvalue weighted by atomic mass is 32.2. The highest BCUT2D eigenvalue weighted by Gasteiger charge is 2.32. The van der Waals surface area contributed by atoms with Crippen molar-refractivity contribution < 1.29 is 17.6 Å². The van der Waals surface area contributed by atoms with Crippen LogP contribution in [-0.4, -0.2) is 20.9 Å². The Labute approximate surface area is 152 Å². The molecule has 5 nitrogen and oxygen atoms in total. The largest absolute Gasteiger partial charge is 0.311 e. The summed E-state index contributed by atoms with van der Waals surface area (Å²) >= 11 is 0. The number of amides is 1. The normalized spacial score (nSPS) is 14.2. The summed E-state index contributed by atoms with van der Waals surface area (Å²) in [5, 5.41) is 0. The first-order valence-corrected chi connectivity index (χ1v) is 9.79. The van der Waals surface area contributed by atoms with E-state index in [9.17, 15) is 17.6 Å². The van der Waals surface area contributed by atoms with Crippen LogP contribution < -0.4 is 9.62 Å². The van der Waals surface area contributed by atoms with E-state index < -0.39 is 21.3 Å². The summed E-state index contributed by atoms with van der Waals surface area (Å²) in [7, 11) is -3.80. The van der Waals surface area contributed by atoms with Gasteiger partial charge in [0, 0.05) is 23.3 Å². The second-order valence-corrected chi connectivity index (χ2v) is 9.04. The van der Waals surface area contributed by atoms with Gasteiger partial charge in [-0.05, 0) is 54.4 Å². The Bertz CT molecular complexity index is 948. The highest BCUT2D eigenvalue weighted by molar-refractivity contribution is 7.92. The summed E-state index contributed by atoms with van der Waals surface area (Å²) in [6, 6.07) is 9.78. The Morgan fingerprint density at radius 2 is 1.77 bits per heavy atom. The van der Waals surface area contributed by atoms with Crippen LogP contribution in [0.15, 0.2) is 47.4 Å². The molecule has 0 radical (unpaired) electrons. The smallest absolute Gasteiger partial charge is 0.261 e. The summed E-state index contributed by atoms with van der Waals surface area (Å²) < 4.78 is 40.3. The molecule has 0 spiro atoms. The molecule has 0 aromatic heterocycles. The molecule has 1 amide bonds. The van der Waals surface area contributed by atoms with Crippen LogP contribution >= 0.6 is 0 Å². The maximum atomic E-state index is 13.0. The van der Waals surface area contributed by atoms with E-state index in [1.807, 2.05) is 20.8 Å². The third kappa shape index (κ3) is 3.58. The van der Waals surface area contributed by atoms with Crippen LogP contribution in [-0.2, 0) is 21.2 Å². The minimum atomic E-state index is -3.80. The van der Waals surface area contributed by atoms with E-state index in [2.05, 4.69) is 4.72 Å². The van der Waals surface area contributed by atoms with Crippen LogP contribution in [0, 0.1) is 11.2 Å². The first-order chi connectivity index (χ1) is 12.1. The molecule has 0 unspecified atom stereocenters. The molecule has 3 rings (SSSR count). The van der Waals surface area contributed by atoms with E-state index in [1.54, 1.807) is 23.1 Å². The fraction of sp³-hybridized carbons (Fsp3) is 0.316. The molecule has 0 saturated heterocycles. The van der Waals surface area contributed by atoms with Gasteiger partial charge in [0.05, 0.1) is 4.90 Å². The third-order valence-corrected chi connectivity index (χ3v) is 5.64. The zero-order valence-corrected chi connectivity index (χ0v) is 15.7. The van der Waals surface area contributed by atoms with Crippen molar-refractivity contribution in [2.24, 2.45) is 5.41 Å². The Morgan fingerprint density at radius 3 is 2.38 bits per heavy atom. The van der Waals surface area contributed by atoms with Crippen LogP contribution in [0.5, 0.6) is 0 Å². The lowest BCUT2D eigenvalue weighted by molar-refractivity contribution is -0.125. The van der Waals surface area contributed by atoms with Gasteiger partial charge in [0.1, 0.15) is 5.82 Å². The predicted molar refractivity (Wildman–Crippen MR) is 99.2 cm³/mol. The van der Waals surface area contributed by atoms with E-state index >= 15 is 0 Å². The summed E-state index contributed by atoms with van der Waals surface area (Å²) in [6.07, 6.45) is 0.670. The van der Waals surface area contributed by atoms with Gasteiger partial charge in [-0.25, -0.2) is 12.8 Å². The van der Waals surface area contributed by atoms with Crippen LogP contribution in [0.3, 0.4) is 0 Å². The molecule has 138 valence electrons. The number of hydrogen-bond acceptors (Lipinski definition) is 3. The lowest BCUT2D eigenvalue weighted by atomic mass is 9.94. The van der Waals surface area contributed by atoms with Crippen LogP contribution in [0.25, 0.3) is 0 Å². The van der Waals surface area contributed by atoms with Crippen molar-refractivity contribution in [3.8, 4) is 0 Å². The standard InChI is InChI=1S/C19H21FN2O3S/c1-19(2,3)18(23)22-11-10-13-12-15(6-9-17(13)22)21-26(24,25)16-7-4-14(20)5-8-16/h4-9,12,21H,10-11H2,1-3H3. The number of sulfonamides is 1. The molecule has 0 fully saturated rings. The highest BCUT2D eigenvalue weighted by Crippen LogP contribution is 2.34. The molecule has 7 heteroatoms. The zero-order chi connectivity index (χ0) is 19.1. The molecule has 0 aliphatic carbocycles. The number of benzene rings is 2. The Hall–Kier alpha value is -2.41. The molecule has 1 aliphatic rings. The second kappa shape index (κ2) is 6.39. The van der Waals surface area contributed by atoms with Crippen molar-refractivity contribution in [2.75, 3.05) is 16.2 Å². The van der Waals surface area contributed by atoms with Gasteiger partial charge in [-0.2, -0.15) is 0 Å². The molecule has 2 aromatic carbocycles. The molecular formula is C19H21FN2O3S. The van der Waals surface area contributed by atoms with E-state index in [0.717, 1.165) is 23.4 Å². The van der Waals surface area contributed by atoms with Crippen LogP contribution in [0.4, 0.5) is 15.8 Å². The number of fused-ring (bicyclic) bond motifs is 1. The summed E-state index contributed by atoms with van der Waals surface area (Å²) in [6.45, 7) is 6.20. The van der Waals surface area contributed by atoms with Crippen molar-refractivity contribution in [1.29, 1.82) is 0 Å². The maximum Gasteiger partial charge on any atom is 0.261 e. The molecule has 0 atom stereocenters. The Kier molecular flexibility index (Phi) is 4.52. The average molecular weight is 376 g/mol. The quantitative estimate of drug-likeness (QED) is 0.891. The van der Waals surface area contributed by atoms with Gasteiger partial charge in [0.25, 0.3) is 10.0 Å². The zero-order valence-electron chi connectivity index (χ0n) is 14.9. The number of hydrogen-bond donors (Lipinski definition) is 1. The number of nitrogens with zero attached hydrogens (tertiary/aromatic N) is 1. The SMILES string of the molecule is CC(C)(C)C(=O)N1CCc2cc(NS(=O)(=O)c3ccc(F)cc3)ccc21. The summed E-state index contributed by atoms with van der Waals surface area (Å²) in [5.41, 5.74) is 1.67. The first kappa shape index (κ1) is 18.4. The van der Waals surface area contributed by atoms with Crippen molar-refractivity contribution in [2.45, 2.75) is 32.1 Å². The van der Waals surface area contributed by atoms with Crippen molar-refractivity contribution in [3.05, 3.63) is 53.8 Å². The van der Waals surface area contributed by atoms with Gasteiger partial charge in [-0.1, -0.05) is 20.8 Å². The number of carbonyl (C=O) groups is 1. The van der Waals surface area contributed by atoms with E-state index in [1.165, 1.54) is 12.1 Å². The second-order valence-electron chi connectivity index (χ2n) is 7.36. The van der Waals surface area contributed by atoms with Crippen molar-refractivity contribution in [3.63, 3.8) is 0 Å². The lowest BCUT2D eigenvalue weighted by Gasteiger charge is -2.26. The molecular weight excluding hydrogens is 355 g/mol. The van der Waals surface area contributed by atoms with Gasteiger partial charge >= 0.3 is 0 Å². The van der Waals surface area contributed by atoms with Crippen molar-refractivity contribution >= 4 is 27.3 Å². The molecule has 2 aromatic rings. The Balaban J connectivity index is 1.84. The van der Waals surface area contributed by atoms with Gasteiger partial charge in [0.15, 0.2) is 0 Å². The number of halogens is 1. The van der Waals surface area contributed by atoms with Gasteiger partial charge in [-0.15, -0.1) is 0 Å². The molecule has 1 N–H and O–H groups in total. The van der Waals surface area contributed by atoms with Crippen LogP contribution in [0.2, 0.25) is 0 Å². The summed E-state index contributed by atoms with van der Waals surface area (Å²) in [5.74, 6) is -0.457. The molecule has 0 bridgehead atoms. The Morgan fingerprint density at radius 1 is 1.12 bits per heavy atom. The topological polar surface area (TPSA) is 66.5 Å². The van der Waals surface area contributed by atoms with E-state index in [-0.39, 0.29) is 10.8 Å². The number of nitrogens with one attached hydrogen (secondary N) is 1. The number of anilines is 2. The predicted octanol–water partition coefficient (Wildman–Crippen LogP) is 3.56. The van der Waals surface area contributed by atoms with E-state index in [4.69, 9.17) is 0 Å². The van der Waals surface area contributed by atoms with Crippen LogP contribution in [0.1, 0.15) is 26.3 Å².